The van der Waals surface area contributed by atoms with E-state index in [1.807, 2.05) is 0 Å². The molecule has 0 saturated carbocycles. The standard InChI is InChI=1S/C24H38FN5O9/c1-3-24(4-2)21(37)29(23(39)30(22(24)38)17(20(35)36)10-11-18(31)32)16(19(33)34)9-5-6-13-28(27)14-15(26)8-7-12-25/h14,16-17H,3-13,26-27H2,1-2H3,(H,31,32)(H,33,34)(H,35,36)/b15-14-/t16-,17-/m0/s1. The average Bonchev–Trinajstić information content (AvgIpc) is 2.86. The fourth-order valence-electron chi connectivity index (χ4n) is 4.48. The van der Waals surface area contributed by atoms with Gasteiger partial charge in [0.2, 0.25) is 11.8 Å². The highest BCUT2D eigenvalue weighted by Gasteiger charge is 2.59. The van der Waals surface area contributed by atoms with Crippen LogP contribution in [-0.4, -0.2) is 91.2 Å². The number of carbonyl (C=O) groups excluding carboxylic acids is 3. The summed E-state index contributed by atoms with van der Waals surface area (Å²) in [5.41, 5.74) is 4.21. The molecule has 1 aliphatic rings. The van der Waals surface area contributed by atoms with E-state index in [0.717, 1.165) is 0 Å². The number of hydrogen-bond donors (Lipinski definition) is 5. The number of halogens is 1. The number of rotatable bonds is 18. The molecule has 0 spiro atoms. The van der Waals surface area contributed by atoms with Gasteiger partial charge in [-0.05, 0) is 51.4 Å². The van der Waals surface area contributed by atoms with Gasteiger partial charge in [0, 0.05) is 24.9 Å². The normalized spacial score (nSPS) is 17.2. The molecule has 220 valence electrons. The average molecular weight is 560 g/mol. The lowest BCUT2D eigenvalue weighted by atomic mass is 9.77. The zero-order chi connectivity index (χ0) is 29.9. The highest BCUT2D eigenvalue weighted by atomic mass is 19.1. The summed E-state index contributed by atoms with van der Waals surface area (Å²) in [6.45, 7) is 2.66. The summed E-state index contributed by atoms with van der Waals surface area (Å²) in [5.74, 6) is -0.875. The molecule has 4 amide bonds. The quantitative estimate of drug-likeness (QED) is 0.0692. The third kappa shape index (κ3) is 8.12. The Balaban J connectivity index is 3.25. The third-order valence-corrected chi connectivity index (χ3v) is 6.78. The maximum Gasteiger partial charge on any atom is 0.335 e. The number of nitrogens with two attached hydrogens (primary N) is 2. The Morgan fingerprint density at radius 3 is 1.87 bits per heavy atom. The first-order valence-electron chi connectivity index (χ1n) is 12.7. The Hall–Kier alpha value is -3.75. The van der Waals surface area contributed by atoms with Crippen LogP contribution in [0.15, 0.2) is 11.9 Å². The van der Waals surface area contributed by atoms with Gasteiger partial charge in [-0.25, -0.2) is 30.0 Å². The van der Waals surface area contributed by atoms with Crippen molar-refractivity contribution in [3.05, 3.63) is 11.9 Å². The van der Waals surface area contributed by atoms with E-state index < -0.39 is 72.8 Å². The maximum absolute atomic E-state index is 13.5. The van der Waals surface area contributed by atoms with Crippen LogP contribution in [0.2, 0.25) is 0 Å². The summed E-state index contributed by atoms with van der Waals surface area (Å²) in [6.07, 6.45) is 0.637. The van der Waals surface area contributed by atoms with Crippen molar-refractivity contribution in [2.45, 2.75) is 83.7 Å². The van der Waals surface area contributed by atoms with E-state index in [9.17, 15) is 43.4 Å². The second-order valence-corrected chi connectivity index (χ2v) is 9.29. The maximum atomic E-state index is 13.5. The number of unbranched alkanes of at least 4 members (excludes halogenated alkanes) is 1. The minimum Gasteiger partial charge on any atom is -0.481 e. The number of amides is 4. The number of hydrazine groups is 1. The van der Waals surface area contributed by atoms with Crippen LogP contribution in [0.1, 0.15) is 71.6 Å². The number of carboxylic acid groups (broad SMARTS) is 3. The molecule has 1 heterocycles. The number of urea groups is 1. The fraction of sp³-hybridized carbons (Fsp3) is 0.667. The van der Waals surface area contributed by atoms with Gasteiger partial charge in [-0.1, -0.05) is 13.8 Å². The van der Waals surface area contributed by atoms with Crippen molar-refractivity contribution in [2.75, 3.05) is 13.2 Å². The first-order chi connectivity index (χ1) is 18.3. The molecule has 1 rings (SSSR count). The summed E-state index contributed by atoms with van der Waals surface area (Å²) in [4.78, 5) is 76.3. The zero-order valence-electron chi connectivity index (χ0n) is 22.2. The van der Waals surface area contributed by atoms with E-state index in [0.29, 0.717) is 28.3 Å². The van der Waals surface area contributed by atoms with E-state index in [2.05, 4.69) is 0 Å². The number of aliphatic carboxylic acids is 3. The van der Waals surface area contributed by atoms with Gasteiger partial charge in [-0.15, -0.1) is 0 Å². The Bertz CT molecular complexity index is 970. The van der Waals surface area contributed by atoms with Crippen LogP contribution in [0.4, 0.5) is 9.18 Å². The van der Waals surface area contributed by atoms with Gasteiger partial charge in [0.15, 0.2) is 0 Å². The van der Waals surface area contributed by atoms with E-state index in [4.69, 9.17) is 16.7 Å². The molecule has 1 fully saturated rings. The van der Waals surface area contributed by atoms with Crippen molar-refractivity contribution >= 4 is 35.8 Å². The Morgan fingerprint density at radius 2 is 1.44 bits per heavy atom. The van der Waals surface area contributed by atoms with Crippen molar-refractivity contribution in [1.82, 2.24) is 14.8 Å². The predicted molar refractivity (Wildman–Crippen MR) is 134 cm³/mol. The molecule has 0 aromatic rings. The van der Waals surface area contributed by atoms with Crippen LogP contribution in [0.5, 0.6) is 0 Å². The SMILES string of the molecule is CCC1(CC)C(=O)N([C@@H](CCCCN(N)/C=C(\N)CCCF)C(=O)O)C(=O)N([C@@H](CCC(=O)O)C(=O)O)C1=O. The number of carboxylic acids is 3. The molecular formula is C24H38FN5O9. The Morgan fingerprint density at radius 1 is 0.923 bits per heavy atom. The molecular weight excluding hydrogens is 521 g/mol. The van der Waals surface area contributed by atoms with E-state index in [-0.39, 0.29) is 38.6 Å². The van der Waals surface area contributed by atoms with Crippen LogP contribution in [0.3, 0.4) is 0 Å². The smallest absolute Gasteiger partial charge is 0.335 e. The number of allylic oxidation sites excluding steroid dienone is 1. The van der Waals surface area contributed by atoms with Crippen molar-refractivity contribution < 1.29 is 48.5 Å². The number of imide groups is 2. The van der Waals surface area contributed by atoms with Crippen molar-refractivity contribution in [3.63, 3.8) is 0 Å². The summed E-state index contributed by atoms with van der Waals surface area (Å²) >= 11 is 0. The van der Waals surface area contributed by atoms with Crippen molar-refractivity contribution in [3.8, 4) is 0 Å². The number of carbonyl (C=O) groups is 6. The van der Waals surface area contributed by atoms with Gasteiger partial charge in [0.25, 0.3) is 0 Å². The molecule has 1 saturated heterocycles. The largest absolute Gasteiger partial charge is 0.481 e. The van der Waals surface area contributed by atoms with Gasteiger partial charge < -0.3 is 26.1 Å². The summed E-state index contributed by atoms with van der Waals surface area (Å²) in [6, 6.07) is -5.05. The second-order valence-electron chi connectivity index (χ2n) is 9.29. The van der Waals surface area contributed by atoms with Crippen molar-refractivity contribution in [1.29, 1.82) is 0 Å². The molecule has 0 radical (unpaired) electrons. The van der Waals surface area contributed by atoms with Gasteiger partial charge >= 0.3 is 23.9 Å². The minimum absolute atomic E-state index is 0.142. The Kier molecular flexibility index (Phi) is 12.8. The van der Waals surface area contributed by atoms with Crippen LogP contribution in [0.25, 0.3) is 0 Å². The molecule has 0 bridgehead atoms. The zero-order valence-corrected chi connectivity index (χ0v) is 22.2. The van der Waals surface area contributed by atoms with E-state index in [1.165, 1.54) is 25.1 Å². The lowest BCUT2D eigenvalue weighted by Gasteiger charge is -2.46. The molecule has 0 aromatic carbocycles. The highest BCUT2D eigenvalue weighted by Crippen LogP contribution is 2.39. The number of barbiturate groups is 1. The lowest BCUT2D eigenvalue weighted by molar-refractivity contribution is -0.170. The van der Waals surface area contributed by atoms with Gasteiger partial charge in [-0.2, -0.15) is 0 Å². The summed E-state index contributed by atoms with van der Waals surface area (Å²) in [5, 5.41) is 29.9. The monoisotopic (exact) mass is 559 g/mol. The number of nitrogens with zero attached hydrogens (tertiary/aromatic N) is 3. The molecule has 39 heavy (non-hydrogen) atoms. The van der Waals surface area contributed by atoms with Gasteiger partial charge in [-0.3, -0.25) is 18.8 Å². The summed E-state index contributed by atoms with van der Waals surface area (Å²) < 4.78 is 12.3. The van der Waals surface area contributed by atoms with Crippen LogP contribution in [-0.2, 0) is 24.0 Å². The molecule has 0 aliphatic carbocycles. The number of alkyl halides is 1. The van der Waals surface area contributed by atoms with Crippen LogP contribution < -0.4 is 11.6 Å². The molecule has 2 atom stereocenters. The minimum atomic E-state index is -1.91. The predicted octanol–water partition coefficient (Wildman–Crippen LogP) is 1.25. The Labute approximate surface area is 225 Å². The first kappa shape index (κ1) is 33.3. The molecule has 0 unspecified atom stereocenters. The van der Waals surface area contributed by atoms with Gasteiger partial charge in [0.05, 0.1) is 6.67 Å². The second kappa shape index (κ2) is 15.0. The van der Waals surface area contributed by atoms with Crippen LogP contribution in [0, 0.1) is 5.41 Å². The lowest BCUT2D eigenvalue weighted by Crippen LogP contribution is -2.70. The number of hydrogen-bond acceptors (Lipinski definition) is 9. The van der Waals surface area contributed by atoms with Crippen LogP contribution >= 0.6 is 0 Å². The molecule has 15 heteroatoms. The fourth-order valence-corrected chi connectivity index (χ4v) is 4.48. The molecule has 1 aliphatic heterocycles. The topological polar surface area (TPSA) is 225 Å². The first-order valence-corrected chi connectivity index (χ1v) is 12.7. The van der Waals surface area contributed by atoms with Crippen molar-refractivity contribution in [2.24, 2.45) is 17.0 Å². The molecule has 0 aromatic heterocycles. The summed E-state index contributed by atoms with van der Waals surface area (Å²) in [7, 11) is 0. The van der Waals surface area contributed by atoms with E-state index >= 15 is 0 Å². The molecule has 14 nitrogen and oxygen atoms in total. The third-order valence-electron chi connectivity index (χ3n) is 6.78. The highest BCUT2D eigenvalue weighted by molar-refractivity contribution is 6.21. The molecule has 7 N–H and O–H groups in total. The van der Waals surface area contributed by atoms with Gasteiger partial charge in [0.1, 0.15) is 17.5 Å². The van der Waals surface area contributed by atoms with E-state index in [1.54, 1.807) is 0 Å².